The van der Waals surface area contributed by atoms with E-state index in [4.69, 9.17) is 5.11 Å². The number of benzene rings is 1. The van der Waals surface area contributed by atoms with Gasteiger partial charge >= 0.3 is 6.36 Å². The van der Waals surface area contributed by atoms with Crippen LogP contribution in [0, 0.1) is 0 Å². The lowest BCUT2D eigenvalue weighted by atomic mass is 10.1. The summed E-state index contributed by atoms with van der Waals surface area (Å²) in [5, 5.41) is 8.68. The third-order valence-corrected chi connectivity index (χ3v) is 2.35. The fourth-order valence-electron chi connectivity index (χ4n) is 1.44. The van der Waals surface area contributed by atoms with Crippen LogP contribution in [0.25, 0.3) is 0 Å². The summed E-state index contributed by atoms with van der Waals surface area (Å²) in [5.41, 5.74) is 0.413. The highest BCUT2D eigenvalue weighted by atomic mass is 19.4. The Kier molecular flexibility index (Phi) is 5.17. The molecule has 0 heterocycles. The average Bonchev–Trinajstić information content (AvgIpc) is 2.27. The molecule has 1 N–H and O–H groups in total. The van der Waals surface area contributed by atoms with E-state index in [-0.39, 0.29) is 31.2 Å². The van der Waals surface area contributed by atoms with Gasteiger partial charge in [0.05, 0.1) is 13.0 Å². The van der Waals surface area contributed by atoms with Crippen LogP contribution in [0.5, 0.6) is 5.75 Å². The highest BCUT2D eigenvalue weighted by molar-refractivity contribution is 5.78. The van der Waals surface area contributed by atoms with Gasteiger partial charge < -0.3 is 14.7 Å². The van der Waals surface area contributed by atoms with Gasteiger partial charge in [-0.15, -0.1) is 13.2 Å². The number of likely N-dealkylation sites (N-methyl/N-ethyl adjacent to an activating group) is 1. The van der Waals surface area contributed by atoms with Crippen molar-refractivity contribution >= 4 is 5.91 Å². The van der Waals surface area contributed by atoms with Gasteiger partial charge in [0, 0.05) is 13.6 Å². The Bertz CT molecular complexity index is 434. The van der Waals surface area contributed by atoms with Crippen LogP contribution in [-0.2, 0) is 11.2 Å². The fraction of sp³-hybridized carbons (Fsp3) is 0.417. The first-order valence-corrected chi connectivity index (χ1v) is 5.51. The van der Waals surface area contributed by atoms with Gasteiger partial charge in [-0.1, -0.05) is 12.1 Å². The summed E-state index contributed by atoms with van der Waals surface area (Å²) in [7, 11) is 1.51. The summed E-state index contributed by atoms with van der Waals surface area (Å²) >= 11 is 0. The number of alkyl halides is 3. The normalized spacial score (nSPS) is 11.2. The van der Waals surface area contributed by atoms with Crippen molar-refractivity contribution in [3.05, 3.63) is 29.8 Å². The molecule has 0 radical (unpaired) electrons. The van der Waals surface area contributed by atoms with Crippen molar-refractivity contribution < 1.29 is 27.8 Å². The first-order chi connectivity index (χ1) is 8.81. The number of aliphatic hydroxyl groups excluding tert-OH is 1. The summed E-state index contributed by atoms with van der Waals surface area (Å²) in [6, 6.07) is 5.25. The maximum absolute atomic E-state index is 12.0. The van der Waals surface area contributed by atoms with Gasteiger partial charge in [0.1, 0.15) is 5.75 Å². The average molecular weight is 277 g/mol. The third kappa shape index (κ3) is 5.60. The third-order valence-electron chi connectivity index (χ3n) is 2.35. The summed E-state index contributed by atoms with van der Waals surface area (Å²) < 4.78 is 39.9. The molecule has 19 heavy (non-hydrogen) atoms. The number of carbonyl (C=O) groups excluding carboxylic acids is 1. The largest absolute Gasteiger partial charge is 0.573 e. The highest BCUT2D eigenvalue weighted by Gasteiger charge is 2.31. The number of rotatable bonds is 5. The molecule has 1 aromatic carbocycles. The minimum Gasteiger partial charge on any atom is -0.406 e. The lowest BCUT2D eigenvalue weighted by Crippen LogP contribution is -2.30. The Morgan fingerprint density at radius 3 is 2.68 bits per heavy atom. The van der Waals surface area contributed by atoms with Gasteiger partial charge in [-0.3, -0.25) is 4.79 Å². The molecule has 0 unspecified atom stereocenters. The SMILES string of the molecule is CN(CCO)C(=O)Cc1cccc(OC(F)(F)F)c1. The van der Waals surface area contributed by atoms with Crippen molar-refractivity contribution in [2.24, 2.45) is 0 Å². The number of aliphatic hydroxyl groups is 1. The lowest BCUT2D eigenvalue weighted by Gasteiger charge is -2.16. The monoisotopic (exact) mass is 277 g/mol. The van der Waals surface area contributed by atoms with Crippen LogP contribution in [0.1, 0.15) is 5.56 Å². The smallest absolute Gasteiger partial charge is 0.406 e. The molecule has 0 atom stereocenters. The zero-order valence-electron chi connectivity index (χ0n) is 10.3. The molecule has 0 aromatic heterocycles. The number of hydrogen-bond acceptors (Lipinski definition) is 3. The van der Waals surface area contributed by atoms with Gasteiger partial charge in [0.15, 0.2) is 0 Å². The molecule has 1 amide bonds. The van der Waals surface area contributed by atoms with E-state index in [2.05, 4.69) is 4.74 Å². The van der Waals surface area contributed by atoms with Crippen LogP contribution in [-0.4, -0.2) is 42.5 Å². The minimum atomic E-state index is -4.75. The number of nitrogens with zero attached hydrogens (tertiary/aromatic N) is 1. The predicted octanol–water partition coefficient (Wildman–Crippen LogP) is 1.58. The Hall–Kier alpha value is -1.76. The van der Waals surface area contributed by atoms with Crippen molar-refractivity contribution in [3.8, 4) is 5.75 Å². The van der Waals surface area contributed by atoms with Crippen LogP contribution in [0.4, 0.5) is 13.2 Å². The van der Waals surface area contributed by atoms with Crippen molar-refractivity contribution in [1.82, 2.24) is 4.90 Å². The van der Waals surface area contributed by atoms with Crippen LogP contribution < -0.4 is 4.74 Å². The Labute approximate surface area is 108 Å². The van der Waals surface area contributed by atoms with Crippen molar-refractivity contribution in [2.75, 3.05) is 20.2 Å². The molecule has 0 saturated heterocycles. The van der Waals surface area contributed by atoms with E-state index < -0.39 is 6.36 Å². The second kappa shape index (κ2) is 6.42. The van der Waals surface area contributed by atoms with E-state index in [1.54, 1.807) is 0 Å². The quantitative estimate of drug-likeness (QED) is 0.889. The van der Waals surface area contributed by atoms with Gasteiger partial charge in [-0.05, 0) is 17.7 Å². The molecule has 0 fully saturated rings. The van der Waals surface area contributed by atoms with Gasteiger partial charge in [0.25, 0.3) is 0 Å². The zero-order chi connectivity index (χ0) is 14.5. The maximum Gasteiger partial charge on any atom is 0.573 e. The number of ether oxygens (including phenoxy) is 1. The second-order valence-electron chi connectivity index (χ2n) is 3.91. The zero-order valence-corrected chi connectivity index (χ0v) is 10.3. The number of carbonyl (C=O) groups is 1. The fourth-order valence-corrected chi connectivity index (χ4v) is 1.44. The molecule has 1 rings (SSSR count). The van der Waals surface area contributed by atoms with Gasteiger partial charge in [-0.2, -0.15) is 0 Å². The molecule has 0 aliphatic rings. The molecular formula is C12H14F3NO3. The van der Waals surface area contributed by atoms with Crippen molar-refractivity contribution in [3.63, 3.8) is 0 Å². The Balaban J connectivity index is 2.69. The van der Waals surface area contributed by atoms with E-state index in [1.807, 2.05) is 0 Å². The van der Waals surface area contributed by atoms with Crippen molar-refractivity contribution in [1.29, 1.82) is 0 Å². The van der Waals surface area contributed by atoms with E-state index in [0.29, 0.717) is 5.56 Å². The summed E-state index contributed by atoms with van der Waals surface area (Å²) in [5.74, 6) is -0.652. The molecule has 0 spiro atoms. The molecule has 106 valence electrons. The first kappa shape index (κ1) is 15.3. The van der Waals surface area contributed by atoms with Crippen LogP contribution in [0.2, 0.25) is 0 Å². The maximum atomic E-state index is 12.0. The highest BCUT2D eigenvalue weighted by Crippen LogP contribution is 2.23. The van der Waals surface area contributed by atoms with Gasteiger partial charge in [0.2, 0.25) is 5.91 Å². The lowest BCUT2D eigenvalue weighted by molar-refractivity contribution is -0.274. The topological polar surface area (TPSA) is 49.8 Å². The van der Waals surface area contributed by atoms with E-state index in [1.165, 1.54) is 30.1 Å². The van der Waals surface area contributed by atoms with E-state index >= 15 is 0 Å². The summed E-state index contributed by atoms with van der Waals surface area (Å²) in [6.45, 7) is 0.0110. The molecular weight excluding hydrogens is 263 g/mol. The second-order valence-corrected chi connectivity index (χ2v) is 3.91. The van der Waals surface area contributed by atoms with Crippen LogP contribution in [0.15, 0.2) is 24.3 Å². The number of hydrogen-bond donors (Lipinski definition) is 1. The minimum absolute atomic E-state index is 0.0500. The van der Waals surface area contributed by atoms with E-state index in [0.717, 1.165) is 6.07 Å². The Morgan fingerprint density at radius 2 is 2.11 bits per heavy atom. The molecule has 0 aliphatic heterocycles. The summed E-state index contributed by atoms with van der Waals surface area (Å²) in [4.78, 5) is 13.0. The van der Waals surface area contributed by atoms with Crippen molar-refractivity contribution in [2.45, 2.75) is 12.8 Å². The predicted molar refractivity (Wildman–Crippen MR) is 61.6 cm³/mol. The molecule has 1 aromatic rings. The molecule has 7 heteroatoms. The molecule has 0 bridgehead atoms. The van der Waals surface area contributed by atoms with E-state index in [9.17, 15) is 18.0 Å². The number of halogens is 3. The Morgan fingerprint density at radius 1 is 1.42 bits per heavy atom. The van der Waals surface area contributed by atoms with Crippen LogP contribution in [0.3, 0.4) is 0 Å². The standard InChI is InChI=1S/C12H14F3NO3/c1-16(5-6-17)11(18)8-9-3-2-4-10(7-9)19-12(13,14)15/h2-4,7,17H,5-6,8H2,1H3. The molecule has 0 saturated carbocycles. The van der Waals surface area contributed by atoms with Gasteiger partial charge in [-0.25, -0.2) is 0 Å². The van der Waals surface area contributed by atoms with Crippen LogP contribution >= 0.6 is 0 Å². The summed E-state index contributed by atoms with van der Waals surface area (Å²) in [6.07, 6.45) is -4.80. The number of amides is 1. The molecule has 0 aliphatic carbocycles. The first-order valence-electron chi connectivity index (χ1n) is 5.51. The molecule has 4 nitrogen and oxygen atoms in total.